The van der Waals surface area contributed by atoms with Gasteiger partial charge in [-0.15, -0.1) is 11.3 Å². The Morgan fingerprint density at radius 3 is 2.56 bits per heavy atom. The lowest BCUT2D eigenvalue weighted by Gasteiger charge is -2.29. The molecule has 2 nitrogen and oxygen atoms in total. The van der Waals surface area contributed by atoms with E-state index in [1.165, 1.54) is 11.3 Å². The largest absolute Gasteiger partial charge is 0.477 e. The van der Waals surface area contributed by atoms with Crippen LogP contribution >= 0.6 is 11.3 Å². The van der Waals surface area contributed by atoms with Crippen molar-refractivity contribution in [3.8, 4) is 0 Å². The van der Waals surface area contributed by atoms with Crippen molar-refractivity contribution >= 4 is 17.3 Å². The van der Waals surface area contributed by atoms with E-state index in [0.29, 0.717) is 10.8 Å². The van der Waals surface area contributed by atoms with Gasteiger partial charge in [-0.1, -0.05) is 34.1 Å². The molecule has 0 fully saturated rings. The smallest absolute Gasteiger partial charge is 0.346 e. The highest BCUT2D eigenvalue weighted by Gasteiger charge is 2.25. The molecule has 1 heterocycles. The summed E-state index contributed by atoms with van der Waals surface area (Å²) in [5.41, 5.74) is 1.21. The Morgan fingerprint density at radius 1 is 1.50 bits per heavy atom. The minimum atomic E-state index is -0.797. The Morgan fingerprint density at radius 2 is 2.12 bits per heavy atom. The van der Waals surface area contributed by atoms with Gasteiger partial charge in [0.05, 0.1) is 0 Å². The monoisotopic (exact) mass is 240 g/mol. The predicted octanol–water partition coefficient (Wildman–Crippen LogP) is 4.06. The van der Waals surface area contributed by atoms with Gasteiger partial charge in [0.15, 0.2) is 0 Å². The van der Waals surface area contributed by atoms with E-state index in [2.05, 4.69) is 27.7 Å². The fraction of sp³-hybridized carbons (Fsp3) is 0.615. The van der Waals surface area contributed by atoms with Crippen molar-refractivity contribution in [1.29, 1.82) is 0 Å². The number of carbonyl (C=O) groups is 1. The van der Waals surface area contributed by atoms with Gasteiger partial charge in [0.25, 0.3) is 0 Å². The van der Waals surface area contributed by atoms with E-state index in [1.807, 2.05) is 11.4 Å². The molecule has 0 aliphatic carbocycles. The van der Waals surface area contributed by atoms with Gasteiger partial charge in [0.1, 0.15) is 4.88 Å². The molecular formula is C13H20O2S. The Kier molecular flexibility index (Phi) is 4.14. The van der Waals surface area contributed by atoms with Crippen molar-refractivity contribution in [2.45, 2.75) is 40.5 Å². The number of hydrogen-bond acceptors (Lipinski definition) is 2. The van der Waals surface area contributed by atoms with Crippen LogP contribution in [0.1, 0.15) is 49.4 Å². The molecule has 0 radical (unpaired) electrons. The third-order valence-corrected chi connectivity index (χ3v) is 4.07. The zero-order valence-electron chi connectivity index (χ0n) is 10.4. The van der Waals surface area contributed by atoms with Crippen LogP contribution in [0.5, 0.6) is 0 Å². The third-order valence-electron chi connectivity index (χ3n) is 3.12. The van der Waals surface area contributed by atoms with E-state index in [-0.39, 0.29) is 5.41 Å². The maximum atomic E-state index is 11.0. The first kappa shape index (κ1) is 13.2. The molecular weight excluding hydrogens is 220 g/mol. The maximum Gasteiger partial charge on any atom is 0.346 e. The molecule has 1 aromatic heterocycles. The Labute approximate surface area is 101 Å². The molecule has 1 N–H and O–H groups in total. The van der Waals surface area contributed by atoms with Gasteiger partial charge in [-0.3, -0.25) is 0 Å². The molecule has 1 rings (SSSR count). The van der Waals surface area contributed by atoms with Crippen LogP contribution < -0.4 is 0 Å². The molecule has 3 heteroatoms. The normalized spacial score (nSPS) is 13.8. The first-order chi connectivity index (χ1) is 7.36. The van der Waals surface area contributed by atoms with E-state index in [1.54, 1.807) is 0 Å². The number of thiophene rings is 1. The highest BCUT2D eigenvalue weighted by atomic mass is 32.1. The van der Waals surface area contributed by atoms with E-state index >= 15 is 0 Å². The standard InChI is InChI=1S/C13H20O2S/c1-5-10(13(2,3)4)8-9-6-7-16-11(9)12(14)15/h6-7,10H,5,8H2,1-4H3,(H,14,15). The van der Waals surface area contributed by atoms with Crippen LogP contribution in [0.15, 0.2) is 11.4 Å². The zero-order valence-corrected chi connectivity index (χ0v) is 11.2. The average Bonchev–Trinajstić information content (AvgIpc) is 2.59. The van der Waals surface area contributed by atoms with E-state index < -0.39 is 5.97 Å². The molecule has 0 spiro atoms. The van der Waals surface area contributed by atoms with Crippen LogP contribution in [-0.4, -0.2) is 11.1 Å². The summed E-state index contributed by atoms with van der Waals surface area (Å²) >= 11 is 1.32. The van der Waals surface area contributed by atoms with Crippen molar-refractivity contribution in [1.82, 2.24) is 0 Å². The van der Waals surface area contributed by atoms with Crippen molar-refractivity contribution in [3.63, 3.8) is 0 Å². The highest BCUT2D eigenvalue weighted by molar-refractivity contribution is 7.12. The van der Waals surface area contributed by atoms with Crippen molar-refractivity contribution in [2.75, 3.05) is 0 Å². The summed E-state index contributed by atoms with van der Waals surface area (Å²) in [5, 5.41) is 10.9. The zero-order chi connectivity index (χ0) is 12.3. The van der Waals surface area contributed by atoms with Crippen LogP contribution in [0, 0.1) is 11.3 Å². The first-order valence-electron chi connectivity index (χ1n) is 5.66. The molecule has 0 aliphatic rings. The van der Waals surface area contributed by atoms with E-state index in [9.17, 15) is 4.79 Å². The van der Waals surface area contributed by atoms with Gasteiger partial charge >= 0.3 is 5.97 Å². The number of aromatic carboxylic acids is 1. The molecule has 0 saturated heterocycles. The van der Waals surface area contributed by atoms with Gasteiger partial charge in [0, 0.05) is 0 Å². The second-order valence-corrected chi connectivity index (χ2v) is 6.17. The van der Waals surface area contributed by atoms with Crippen LogP contribution in [0.3, 0.4) is 0 Å². The van der Waals surface area contributed by atoms with Gasteiger partial charge in [-0.25, -0.2) is 4.79 Å². The Bertz CT molecular complexity index is 360. The lowest BCUT2D eigenvalue weighted by atomic mass is 9.76. The fourth-order valence-corrected chi connectivity index (χ4v) is 2.78. The van der Waals surface area contributed by atoms with Crippen molar-refractivity contribution in [2.24, 2.45) is 11.3 Å². The van der Waals surface area contributed by atoms with Gasteiger partial charge in [-0.05, 0) is 34.8 Å². The van der Waals surface area contributed by atoms with Crippen molar-refractivity contribution in [3.05, 3.63) is 21.9 Å². The fourth-order valence-electron chi connectivity index (χ4n) is 2.01. The number of hydrogen-bond donors (Lipinski definition) is 1. The van der Waals surface area contributed by atoms with Crippen LogP contribution in [0.25, 0.3) is 0 Å². The molecule has 90 valence electrons. The molecule has 0 bridgehead atoms. The predicted molar refractivity (Wildman–Crippen MR) is 68.2 cm³/mol. The first-order valence-corrected chi connectivity index (χ1v) is 6.54. The minimum absolute atomic E-state index is 0.229. The topological polar surface area (TPSA) is 37.3 Å². The summed E-state index contributed by atoms with van der Waals surface area (Å²) in [6.07, 6.45) is 1.95. The van der Waals surface area contributed by atoms with Crippen molar-refractivity contribution < 1.29 is 9.90 Å². The molecule has 0 aliphatic heterocycles. The maximum absolute atomic E-state index is 11.0. The molecule has 0 amide bonds. The molecule has 0 aromatic carbocycles. The van der Waals surface area contributed by atoms with Gasteiger partial charge in [-0.2, -0.15) is 0 Å². The Balaban J connectivity index is 2.86. The summed E-state index contributed by atoms with van der Waals surface area (Å²) in [4.78, 5) is 11.5. The Hall–Kier alpha value is -0.830. The van der Waals surface area contributed by atoms with E-state index in [0.717, 1.165) is 18.4 Å². The third kappa shape index (κ3) is 3.08. The minimum Gasteiger partial charge on any atom is -0.477 e. The average molecular weight is 240 g/mol. The number of carboxylic acids is 1. The highest BCUT2D eigenvalue weighted by Crippen LogP contribution is 2.33. The summed E-state index contributed by atoms with van der Waals surface area (Å²) in [6.45, 7) is 8.82. The van der Waals surface area contributed by atoms with Gasteiger partial charge in [0.2, 0.25) is 0 Å². The molecule has 0 saturated carbocycles. The molecule has 1 unspecified atom stereocenters. The van der Waals surface area contributed by atoms with Gasteiger partial charge < -0.3 is 5.11 Å². The summed E-state index contributed by atoms with van der Waals surface area (Å²) < 4.78 is 0. The lowest BCUT2D eigenvalue weighted by Crippen LogP contribution is -2.22. The molecule has 16 heavy (non-hydrogen) atoms. The second kappa shape index (κ2) is 5.00. The SMILES string of the molecule is CCC(Cc1ccsc1C(=O)O)C(C)(C)C. The molecule has 1 aromatic rings. The quantitative estimate of drug-likeness (QED) is 0.861. The second-order valence-electron chi connectivity index (χ2n) is 5.26. The summed E-state index contributed by atoms with van der Waals surface area (Å²) in [5.74, 6) is -0.269. The molecule has 1 atom stereocenters. The van der Waals surface area contributed by atoms with E-state index in [4.69, 9.17) is 5.11 Å². The van der Waals surface area contributed by atoms with Crippen LogP contribution in [0.4, 0.5) is 0 Å². The van der Waals surface area contributed by atoms with Crippen LogP contribution in [-0.2, 0) is 6.42 Å². The van der Waals surface area contributed by atoms with Crippen LogP contribution in [0.2, 0.25) is 0 Å². The number of carboxylic acid groups (broad SMARTS) is 1. The number of rotatable bonds is 4. The summed E-state index contributed by atoms with van der Waals surface area (Å²) in [6, 6.07) is 1.95. The summed E-state index contributed by atoms with van der Waals surface area (Å²) in [7, 11) is 0. The lowest BCUT2D eigenvalue weighted by molar-refractivity contribution is 0.0700.